The smallest absolute Gasteiger partial charge is 0.252 e. The molecule has 1 saturated heterocycles. The Balaban J connectivity index is 1.32. The Kier molecular flexibility index (Phi) is 7.34. The van der Waals surface area contributed by atoms with Crippen molar-refractivity contribution in [3.63, 3.8) is 0 Å². The number of nitriles is 1. The fraction of sp³-hybridized carbons (Fsp3) is 0.176. The molecule has 1 amide bonds. The molecule has 1 fully saturated rings. The maximum absolute atomic E-state index is 14.3. The number of nitrogens with one attached hydrogen (secondary N) is 2. The number of carbonyl (C=O) groups is 1. The van der Waals surface area contributed by atoms with Gasteiger partial charge in [0.2, 0.25) is 0 Å². The van der Waals surface area contributed by atoms with E-state index in [0.717, 1.165) is 59.7 Å². The quantitative estimate of drug-likeness (QED) is 0.204. The van der Waals surface area contributed by atoms with Crippen molar-refractivity contribution in [2.45, 2.75) is 24.9 Å². The number of benzene rings is 4. The van der Waals surface area contributed by atoms with E-state index in [9.17, 15) is 19.6 Å². The van der Waals surface area contributed by atoms with Crippen LogP contribution in [0.25, 0.3) is 22.0 Å². The number of para-hydroxylation sites is 1. The first kappa shape index (κ1) is 27.1. The van der Waals surface area contributed by atoms with Crippen LogP contribution in [-0.4, -0.2) is 35.1 Å². The van der Waals surface area contributed by atoms with Crippen LogP contribution >= 0.6 is 0 Å². The molecule has 8 heteroatoms. The van der Waals surface area contributed by atoms with Crippen molar-refractivity contribution in [3.05, 3.63) is 119 Å². The standard InChI is InChI=1S/C34H30FN5O2/c35-26-7-10-32(41)29(19-26)33(31-18-23-3-1-2-4-30(23)38-31)39-34(42)25-16-21(20-36)15-24(17-25)22-5-8-28(9-6-22)40-13-11-27(37)12-14-40/h1-10,15-19,27,33,38,41H,11-14,37H2,(H,39,42). The summed E-state index contributed by atoms with van der Waals surface area (Å²) in [6, 6.07) is 27.7. The second kappa shape index (κ2) is 11.4. The Morgan fingerprint density at radius 3 is 2.50 bits per heavy atom. The van der Waals surface area contributed by atoms with Crippen molar-refractivity contribution in [3.8, 4) is 22.9 Å². The third kappa shape index (κ3) is 5.55. The third-order valence-electron chi connectivity index (χ3n) is 7.87. The highest BCUT2D eigenvalue weighted by Crippen LogP contribution is 2.33. The molecular weight excluding hydrogens is 529 g/mol. The van der Waals surface area contributed by atoms with E-state index < -0.39 is 17.8 Å². The lowest BCUT2D eigenvalue weighted by atomic mass is 9.98. The van der Waals surface area contributed by atoms with E-state index in [-0.39, 0.29) is 22.9 Å². The number of H-pyrrole nitrogens is 1. The number of rotatable bonds is 6. The Labute approximate surface area is 243 Å². The Bertz CT molecular complexity index is 1770. The maximum Gasteiger partial charge on any atom is 0.252 e. The Morgan fingerprint density at radius 1 is 1.00 bits per heavy atom. The first-order valence-corrected chi connectivity index (χ1v) is 13.9. The summed E-state index contributed by atoms with van der Waals surface area (Å²) >= 11 is 0. The maximum atomic E-state index is 14.3. The molecule has 0 bridgehead atoms. The monoisotopic (exact) mass is 559 g/mol. The molecule has 2 heterocycles. The van der Waals surface area contributed by atoms with Crippen LogP contribution in [0.4, 0.5) is 10.1 Å². The highest BCUT2D eigenvalue weighted by molar-refractivity contribution is 5.96. The molecule has 4 aromatic carbocycles. The molecule has 1 unspecified atom stereocenters. The molecule has 42 heavy (non-hydrogen) atoms. The number of aromatic amines is 1. The highest BCUT2D eigenvalue weighted by atomic mass is 19.1. The van der Waals surface area contributed by atoms with Crippen molar-refractivity contribution in [2.75, 3.05) is 18.0 Å². The van der Waals surface area contributed by atoms with E-state index in [1.807, 2.05) is 54.6 Å². The molecule has 7 nitrogen and oxygen atoms in total. The average molecular weight is 560 g/mol. The number of nitrogens with two attached hydrogens (primary N) is 1. The normalized spacial score (nSPS) is 14.5. The lowest BCUT2D eigenvalue weighted by molar-refractivity contribution is 0.0942. The molecule has 1 aliphatic heterocycles. The van der Waals surface area contributed by atoms with Gasteiger partial charge in [0, 0.05) is 47.2 Å². The van der Waals surface area contributed by atoms with E-state index in [2.05, 4.69) is 21.3 Å². The third-order valence-corrected chi connectivity index (χ3v) is 7.87. The molecule has 1 aromatic heterocycles. The van der Waals surface area contributed by atoms with Crippen LogP contribution in [-0.2, 0) is 0 Å². The summed E-state index contributed by atoms with van der Waals surface area (Å²) in [5.74, 6) is -1.16. The second-order valence-electron chi connectivity index (χ2n) is 10.7. The summed E-state index contributed by atoms with van der Waals surface area (Å²) < 4.78 is 14.3. The summed E-state index contributed by atoms with van der Waals surface area (Å²) in [6.45, 7) is 1.82. The van der Waals surface area contributed by atoms with Gasteiger partial charge in [-0.3, -0.25) is 4.79 Å². The Hall–Kier alpha value is -5.13. The molecule has 5 aromatic rings. The minimum Gasteiger partial charge on any atom is -0.508 e. The number of fused-ring (bicyclic) bond motifs is 1. The van der Waals surface area contributed by atoms with Gasteiger partial charge in [-0.05, 0) is 90.0 Å². The van der Waals surface area contributed by atoms with Crippen molar-refractivity contribution in [1.82, 2.24) is 10.3 Å². The number of anilines is 1. The van der Waals surface area contributed by atoms with E-state index in [1.165, 1.54) is 18.2 Å². The van der Waals surface area contributed by atoms with Gasteiger partial charge in [0.1, 0.15) is 11.6 Å². The van der Waals surface area contributed by atoms with Gasteiger partial charge < -0.3 is 26.0 Å². The number of phenolic OH excluding ortho intramolecular Hbond substituents is 1. The number of piperidine rings is 1. The molecule has 0 aliphatic carbocycles. The molecule has 0 spiro atoms. The lowest BCUT2D eigenvalue weighted by Crippen LogP contribution is -2.39. The van der Waals surface area contributed by atoms with Gasteiger partial charge in [-0.25, -0.2) is 4.39 Å². The van der Waals surface area contributed by atoms with Gasteiger partial charge in [0.05, 0.1) is 17.7 Å². The summed E-state index contributed by atoms with van der Waals surface area (Å²) in [5, 5.41) is 24.3. The number of aromatic nitrogens is 1. The summed E-state index contributed by atoms with van der Waals surface area (Å²) in [6.07, 6.45) is 1.91. The van der Waals surface area contributed by atoms with Crippen molar-refractivity contribution in [2.24, 2.45) is 5.73 Å². The van der Waals surface area contributed by atoms with E-state index in [0.29, 0.717) is 11.3 Å². The van der Waals surface area contributed by atoms with Crippen molar-refractivity contribution < 1.29 is 14.3 Å². The zero-order valence-electron chi connectivity index (χ0n) is 22.8. The molecular formula is C34H30FN5O2. The summed E-state index contributed by atoms with van der Waals surface area (Å²) in [7, 11) is 0. The van der Waals surface area contributed by atoms with E-state index >= 15 is 0 Å². The number of amides is 1. The minimum atomic E-state index is -0.883. The largest absolute Gasteiger partial charge is 0.508 e. The number of phenols is 1. The van der Waals surface area contributed by atoms with Crippen LogP contribution < -0.4 is 16.0 Å². The fourth-order valence-electron chi connectivity index (χ4n) is 5.56. The van der Waals surface area contributed by atoms with Crippen LogP contribution in [0.5, 0.6) is 5.75 Å². The van der Waals surface area contributed by atoms with Crippen LogP contribution in [0.3, 0.4) is 0 Å². The molecule has 0 radical (unpaired) electrons. The van der Waals surface area contributed by atoms with Crippen LogP contribution in [0, 0.1) is 17.1 Å². The number of aromatic hydroxyl groups is 1. The van der Waals surface area contributed by atoms with Gasteiger partial charge in [-0.1, -0.05) is 30.3 Å². The number of hydrogen-bond acceptors (Lipinski definition) is 5. The van der Waals surface area contributed by atoms with Crippen LogP contribution in [0.2, 0.25) is 0 Å². The van der Waals surface area contributed by atoms with Gasteiger partial charge in [0.15, 0.2) is 0 Å². The first-order chi connectivity index (χ1) is 20.4. The van der Waals surface area contributed by atoms with E-state index in [1.54, 1.807) is 12.1 Å². The van der Waals surface area contributed by atoms with Crippen molar-refractivity contribution >= 4 is 22.5 Å². The lowest BCUT2D eigenvalue weighted by Gasteiger charge is -2.32. The van der Waals surface area contributed by atoms with Gasteiger partial charge >= 0.3 is 0 Å². The van der Waals surface area contributed by atoms with Gasteiger partial charge in [-0.15, -0.1) is 0 Å². The summed E-state index contributed by atoms with van der Waals surface area (Å²) in [5.41, 5.74) is 11.0. The second-order valence-corrected chi connectivity index (χ2v) is 10.7. The molecule has 0 saturated carbocycles. The van der Waals surface area contributed by atoms with Crippen LogP contribution in [0.1, 0.15) is 46.1 Å². The molecule has 1 atom stereocenters. The zero-order valence-corrected chi connectivity index (χ0v) is 22.8. The minimum absolute atomic E-state index is 0.150. The van der Waals surface area contributed by atoms with Gasteiger partial charge in [0.25, 0.3) is 5.91 Å². The van der Waals surface area contributed by atoms with Crippen LogP contribution in [0.15, 0.2) is 91.0 Å². The van der Waals surface area contributed by atoms with Gasteiger partial charge in [-0.2, -0.15) is 5.26 Å². The summed E-state index contributed by atoms with van der Waals surface area (Å²) in [4.78, 5) is 19.3. The predicted molar refractivity (Wildman–Crippen MR) is 162 cm³/mol. The zero-order chi connectivity index (χ0) is 29.2. The predicted octanol–water partition coefficient (Wildman–Crippen LogP) is 6.00. The molecule has 5 N–H and O–H groups in total. The first-order valence-electron chi connectivity index (χ1n) is 13.9. The van der Waals surface area contributed by atoms with E-state index in [4.69, 9.17) is 5.73 Å². The highest BCUT2D eigenvalue weighted by Gasteiger charge is 2.24. The fourth-order valence-corrected chi connectivity index (χ4v) is 5.56. The number of carbonyl (C=O) groups excluding carboxylic acids is 1. The number of nitrogens with zero attached hydrogens (tertiary/aromatic N) is 2. The SMILES string of the molecule is N#Cc1cc(C(=O)NC(c2cc3ccccc3[nH]2)c2cc(F)ccc2O)cc(-c2ccc(N3CCC(N)CC3)cc2)c1. The van der Waals surface area contributed by atoms with Crippen molar-refractivity contribution in [1.29, 1.82) is 5.26 Å². The Morgan fingerprint density at radius 2 is 1.76 bits per heavy atom. The number of halogens is 1. The average Bonchev–Trinajstić information content (AvgIpc) is 3.45. The molecule has 1 aliphatic rings. The molecule has 210 valence electrons. The number of hydrogen-bond donors (Lipinski definition) is 4. The molecule has 6 rings (SSSR count). The topological polar surface area (TPSA) is 118 Å².